The molecule has 0 spiro atoms. The van der Waals surface area contributed by atoms with Crippen LogP contribution in [-0.4, -0.2) is 39.4 Å². The van der Waals surface area contributed by atoms with Crippen LogP contribution in [0.5, 0.6) is 5.75 Å². The number of esters is 1. The Morgan fingerprint density at radius 3 is 2.96 bits per heavy atom. The number of nitrogens with one attached hydrogen (secondary N) is 1. The Balaban J connectivity index is 1.87. The van der Waals surface area contributed by atoms with E-state index in [1.807, 2.05) is 12.1 Å². The van der Waals surface area contributed by atoms with E-state index in [4.69, 9.17) is 18.6 Å². The van der Waals surface area contributed by atoms with Crippen molar-refractivity contribution in [3.05, 3.63) is 29.5 Å². The van der Waals surface area contributed by atoms with E-state index in [0.29, 0.717) is 23.9 Å². The fraction of sp³-hybridized carbons (Fsp3) is 0.471. The molecule has 124 valence electrons. The van der Waals surface area contributed by atoms with Gasteiger partial charge in [-0.2, -0.15) is 0 Å². The highest BCUT2D eigenvalue weighted by molar-refractivity contribution is 5.95. The zero-order valence-electron chi connectivity index (χ0n) is 13.4. The standard InChI is InChI=1S/C17H21NO5/c1-20-14-6-5-11(9-18-12-4-3-7-22-10-12)13-8-15(17(19)21-2)23-16(13)14/h5-6,8,12,18H,3-4,7,9-10H2,1-2H3/t12-/m0/s1. The first-order valence-corrected chi connectivity index (χ1v) is 7.71. The Hall–Kier alpha value is -2.05. The van der Waals surface area contributed by atoms with Crippen LogP contribution < -0.4 is 10.1 Å². The van der Waals surface area contributed by atoms with Crippen molar-refractivity contribution in [2.45, 2.75) is 25.4 Å². The largest absolute Gasteiger partial charge is 0.493 e. The van der Waals surface area contributed by atoms with E-state index in [1.165, 1.54) is 7.11 Å². The van der Waals surface area contributed by atoms with E-state index in [9.17, 15) is 4.79 Å². The van der Waals surface area contributed by atoms with E-state index in [-0.39, 0.29) is 5.76 Å². The molecule has 1 fully saturated rings. The van der Waals surface area contributed by atoms with Crippen molar-refractivity contribution in [2.24, 2.45) is 0 Å². The van der Waals surface area contributed by atoms with E-state index in [2.05, 4.69) is 5.32 Å². The van der Waals surface area contributed by atoms with Crippen LogP contribution in [0, 0.1) is 0 Å². The molecule has 6 nitrogen and oxygen atoms in total. The number of furan rings is 1. The molecule has 6 heteroatoms. The number of carbonyl (C=O) groups excluding carboxylic acids is 1. The summed E-state index contributed by atoms with van der Waals surface area (Å²) in [5.74, 6) is 0.275. The van der Waals surface area contributed by atoms with Crippen LogP contribution in [-0.2, 0) is 16.0 Å². The third-order valence-corrected chi connectivity index (χ3v) is 4.09. The highest BCUT2D eigenvalue weighted by Gasteiger charge is 2.19. The number of rotatable bonds is 5. The van der Waals surface area contributed by atoms with Gasteiger partial charge in [-0.1, -0.05) is 6.07 Å². The molecule has 2 aromatic rings. The van der Waals surface area contributed by atoms with Crippen molar-refractivity contribution in [1.82, 2.24) is 5.32 Å². The Morgan fingerprint density at radius 2 is 2.26 bits per heavy atom. The van der Waals surface area contributed by atoms with Crippen molar-refractivity contribution < 1.29 is 23.4 Å². The maximum absolute atomic E-state index is 11.7. The minimum atomic E-state index is -0.497. The first-order chi connectivity index (χ1) is 11.2. The zero-order chi connectivity index (χ0) is 16.2. The predicted octanol–water partition coefficient (Wildman–Crippen LogP) is 2.50. The third-order valence-electron chi connectivity index (χ3n) is 4.09. The number of carbonyl (C=O) groups is 1. The van der Waals surface area contributed by atoms with Gasteiger partial charge >= 0.3 is 5.97 Å². The number of hydrogen-bond acceptors (Lipinski definition) is 6. The average Bonchev–Trinajstić information content (AvgIpc) is 3.05. The SMILES string of the molecule is COC(=O)c1cc2c(CN[C@H]3CCCOC3)ccc(OC)c2o1. The summed E-state index contributed by atoms with van der Waals surface area (Å²) >= 11 is 0. The van der Waals surface area contributed by atoms with Crippen molar-refractivity contribution in [3.63, 3.8) is 0 Å². The summed E-state index contributed by atoms with van der Waals surface area (Å²) in [6, 6.07) is 5.89. The van der Waals surface area contributed by atoms with Crippen LogP contribution in [0.1, 0.15) is 29.0 Å². The normalized spacial score (nSPS) is 18.1. The molecule has 0 aliphatic carbocycles. The van der Waals surface area contributed by atoms with Gasteiger partial charge in [0.25, 0.3) is 0 Å². The second-order valence-corrected chi connectivity index (χ2v) is 5.57. The number of benzene rings is 1. The van der Waals surface area contributed by atoms with Gasteiger partial charge in [0.05, 0.1) is 20.8 Å². The molecule has 2 heterocycles. The van der Waals surface area contributed by atoms with Crippen molar-refractivity contribution in [2.75, 3.05) is 27.4 Å². The Bertz CT molecular complexity index is 688. The van der Waals surface area contributed by atoms with Crippen LogP contribution in [0.4, 0.5) is 0 Å². The average molecular weight is 319 g/mol. The summed E-state index contributed by atoms with van der Waals surface area (Å²) < 4.78 is 21.2. The van der Waals surface area contributed by atoms with Crippen LogP contribution in [0.3, 0.4) is 0 Å². The minimum absolute atomic E-state index is 0.175. The van der Waals surface area contributed by atoms with Crippen molar-refractivity contribution >= 4 is 16.9 Å². The van der Waals surface area contributed by atoms with E-state index < -0.39 is 5.97 Å². The lowest BCUT2D eigenvalue weighted by molar-refractivity contribution is 0.0567. The summed E-state index contributed by atoms with van der Waals surface area (Å²) in [5, 5.41) is 4.35. The van der Waals surface area contributed by atoms with Gasteiger partial charge in [0.15, 0.2) is 11.3 Å². The fourth-order valence-corrected chi connectivity index (χ4v) is 2.83. The molecular formula is C17H21NO5. The number of methoxy groups -OCH3 is 2. The molecule has 1 saturated heterocycles. The van der Waals surface area contributed by atoms with Gasteiger partial charge in [-0.25, -0.2) is 4.79 Å². The molecule has 0 unspecified atom stereocenters. The molecule has 23 heavy (non-hydrogen) atoms. The van der Waals surface area contributed by atoms with E-state index in [1.54, 1.807) is 13.2 Å². The molecule has 1 aromatic heterocycles. The van der Waals surface area contributed by atoms with Crippen LogP contribution in [0.25, 0.3) is 11.0 Å². The molecule has 1 aliphatic rings. The van der Waals surface area contributed by atoms with Gasteiger partial charge in [0.1, 0.15) is 0 Å². The molecule has 3 rings (SSSR count). The summed E-state index contributed by atoms with van der Waals surface area (Å²) in [6.07, 6.45) is 2.19. The molecule has 0 radical (unpaired) electrons. The van der Waals surface area contributed by atoms with Crippen LogP contribution in [0.2, 0.25) is 0 Å². The maximum atomic E-state index is 11.7. The zero-order valence-corrected chi connectivity index (χ0v) is 13.4. The minimum Gasteiger partial charge on any atom is -0.493 e. The number of hydrogen-bond donors (Lipinski definition) is 1. The quantitative estimate of drug-likeness (QED) is 0.854. The third kappa shape index (κ3) is 3.33. The molecule has 1 aromatic carbocycles. The van der Waals surface area contributed by atoms with Gasteiger partial charge in [0.2, 0.25) is 5.76 Å². The molecule has 0 saturated carbocycles. The van der Waals surface area contributed by atoms with E-state index >= 15 is 0 Å². The maximum Gasteiger partial charge on any atom is 0.373 e. The lowest BCUT2D eigenvalue weighted by atomic mass is 10.1. The molecule has 0 amide bonds. The molecule has 1 N–H and O–H groups in total. The lowest BCUT2D eigenvalue weighted by Gasteiger charge is -2.23. The highest BCUT2D eigenvalue weighted by Crippen LogP contribution is 2.32. The van der Waals surface area contributed by atoms with Crippen LogP contribution >= 0.6 is 0 Å². The number of ether oxygens (including phenoxy) is 3. The first-order valence-electron chi connectivity index (χ1n) is 7.71. The van der Waals surface area contributed by atoms with Crippen LogP contribution in [0.15, 0.2) is 22.6 Å². The summed E-state index contributed by atoms with van der Waals surface area (Å²) in [6.45, 7) is 2.25. The molecule has 0 bridgehead atoms. The summed E-state index contributed by atoms with van der Waals surface area (Å²) in [5.41, 5.74) is 1.61. The fourth-order valence-electron chi connectivity index (χ4n) is 2.83. The van der Waals surface area contributed by atoms with E-state index in [0.717, 1.165) is 37.0 Å². The smallest absolute Gasteiger partial charge is 0.373 e. The molecule has 1 atom stereocenters. The van der Waals surface area contributed by atoms with Gasteiger partial charge in [-0.3, -0.25) is 0 Å². The highest BCUT2D eigenvalue weighted by atomic mass is 16.5. The van der Waals surface area contributed by atoms with Gasteiger partial charge < -0.3 is 23.9 Å². The lowest BCUT2D eigenvalue weighted by Crippen LogP contribution is -2.36. The topological polar surface area (TPSA) is 69.9 Å². The van der Waals surface area contributed by atoms with Gasteiger partial charge in [0, 0.05) is 24.6 Å². The van der Waals surface area contributed by atoms with Gasteiger partial charge in [-0.15, -0.1) is 0 Å². The monoisotopic (exact) mass is 319 g/mol. The summed E-state index contributed by atoms with van der Waals surface area (Å²) in [7, 11) is 2.91. The van der Waals surface area contributed by atoms with Crippen molar-refractivity contribution in [1.29, 1.82) is 0 Å². The Morgan fingerprint density at radius 1 is 1.39 bits per heavy atom. The number of fused-ring (bicyclic) bond motifs is 1. The second kappa shape index (κ2) is 7.02. The van der Waals surface area contributed by atoms with Gasteiger partial charge in [-0.05, 0) is 30.5 Å². The summed E-state index contributed by atoms with van der Waals surface area (Å²) in [4.78, 5) is 11.7. The Kier molecular flexibility index (Phi) is 4.83. The first kappa shape index (κ1) is 15.8. The Labute approximate surface area is 134 Å². The van der Waals surface area contributed by atoms with Crippen molar-refractivity contribution in [3.8, 4) is 5.75 Å². The predicted molar refractivity (Wildman–Crippen MR) is 84.8 cm³/mol. The molecular weight excluding hydrogens is 298 g/mol. The molecule has 1 aliphatic heterocycles. The second-order valence-electron chi connectivity index (χ2n) is 5.57.